The van der Waals surface area contributed by atoms with Crippen molar-refractivity contribution in [1.29, 1.82) is 0 Å². The Morgan fingerprint density at radius 1 is 1.24 bits per heavy atom. The summed E-state index contributed by atoms with van der Waals surface area (Å²) in [4.78, 5) is 15.2. The first-order chi connectivity index (χ1) is 12.1. The molecule has 2 fully saturated rings. The Hall–Kier alpha value is -2.15. The van der Waals surface area contributed by atoms with Gasteiger partial charge in [-0.05, 0) is 30.9 Å². The SMILES string of the molecule is Cc1cnn(C2CCCN(C(=O)[C@H]3CNC[C@@H]3c3cnn(C)c3)C2)c1. The molecule has 0 saturated carbocycles. The van der Waals surface area contributed by atoms with Crippen LogP contribution >= 0.6 is 0 Å². The highest BCUT2D eigenvalue weighted by molar-refractivity contribution is 5.80. The normalized spacial score (nSPS) is 27.0. The van der Waals surface area contributed by atoms with Gasteiger partial charge in [0.1, 0.15) is 0 Å². The molecule has 1 N–H and O–H groups in total. The van der Waals surface area contributed by atoms with Crippen molar-refractivity contribution in [1.82, 2.24) is 29.8 Å². The van der Waals surface area contributed by atoms with E-state index in [9.17, 15) is 4.79 Å². The molecule has 2 aliphatic heterocycles. The Morgan fingerprint density at radius 2 is 2.12 bits per heavy atom. The Labute approximate surface area is 148 Å². The lowest BCUT2D eigenvalue weighted by atomic mass is 9.89. The van der Waals surface area contributed by atoms with Crippen molar-refractivity contribution in [3.05, 3.63) is 35.9 Å². The van der Waals surface area contributed by atoms with Crippen LogP contribution in [0.2, 0.25) is 0 Å². The molecule has 25 heavy (non-hydrogen) atoms. The first-order valence-corrected chi connectivity index (χ1v) is 9.10. The number of nitrogens with zero attached hydrogens (tertiary/aromatic N) is 5. The number of nitrogens with one attached hydrogen (secondary N) is 1. The Bertz CT molecular complexity index is 750. The van der Waals surface area contributed by atoms with E-state index in [0.29, 0.717) is 0 Å². The van der Waals surface area contributed by atoms with E-state index < -0.39 is 0 Å². The van der Waals surface area contributed by atoms with Crippen molar-refractivity contribution >= 4 is 5.91 Å². The maximum atomic E-state index is 13.2. The van der Waals surface area contributed by atoms with Crippen LogP contribution in [0.1, 0.15) is 35.9 Å². The van der Waals surface area contributed by atoms with E-state index >= 15 is 0 Å². The molecule has 134 valence electrons. The minimum Gasteiger partial charge on any atom is -0.340 e. The topological polar surface area (TPSA) is 68.0 Å². The van der Waals surface area contributed by atoms with Crippen LogP contribution in [0.5, 0.6) is 0 Å². The van der Waals surface area contributed by atoms with Crippen LogP contribution < -0.4 is 5.32 Å². The Morgan fingerprint density at radius 3 is 2.84 bits per heavy atom. The van der Waals surface area contributed by atoms with Gasteiger partial charge in [0, 0.05) is 51.5 Å². The monoisotopic (exact) mass is 342 g/mol. The standard InChI is InChI=1S/C18H26N6O/c1-13-6-21-24(10-13)15-4-3-5-23(12-15)18(25)17-9-19-8-16(17)14-7-20-22(2)11-14/h6-7,10-11,15-17,19H,3-5,8-9,12H2,1-2H3/t15?,16-,17+/m1/s1. The van der Waals surface area contributed by atoms with E-state index in [1.807, 2.05) is 39.9 Å². The van der Waals surface area contributed by atoms with Crippen LogP contribution in [0, 0.1) is 12.8 Å². The molecule has 0 aromatic carbocycles. The van der Waals surface area contributed by atoms with E-state index in [0.717, 1.165) is 44.6 Å². The van der Waals surface area contributed by atoms with Crippen molar-refractivity contribution in [2.24, 2.45) is 13.0 Å². The number of likely N-dealkylation sites (tertiary alicyclic amines) is 1. The van der Waals surface area contributed by atoms with Gasteiger partial charge in [0.15, 0.2) is 0 Å². The number of carbonyl (C=O) groups excluding carboxylic acids is 1. The molecule has 0 aliphatic carbocycles. The highest BCUT2D eigenvalue weighted by Crippen LogP contribution is 2.31. The van der Waals surface area contributed by atoms with E-state index in [-0.39, 0.29) is 23.8 Å². The van der Waals surface area contributed by atoms with Crippen LogP contribution in [0.25, 0.3) is 0 Å². The van der Waals surface area contributed by atoms with Crippen LogP contribution in [0.15, 0.2) is 24.8 Å². The van der Waals surface area contributed by atoms with E-state index in [2.05, 4.69) is 28.6 Å². The number of hydrogen-bond acceptors (Lipinski definition) is 4. The van der Waals surface area contributed by atoms with Crippen LogP contribution in [0.3, 0.4) is 0 Å². The van der Waals surface area contributed by atoms with Crippen LogP contribution in [-0.4, -0.2) is 56.5 Å². The van der Waals surface area contributed by atoms with Crippen molar-refractivity contribution in [3.63, 3.8) is 0 Å². The molecule has 2 aromatic rings. The number of aromatic nitrogens is 4. The lowest BCUT2D eigenvalue weighted by Crippen LogP contribution is -2.45. The smallest absolute Gasteiger partial charge is 0.227 e. The zero-order chi connectivity index (χ0) is 17.4. The summed E-state index contributed by atoms with van der Waals surface area (Å²) >= 11 is 0. The Balaban J connectivity index is 1.47. The third-order valence-corrected chi connectivity index (χ3v) is 5.50. The lowest BCUT2D eigenvalue weighted by molar-refractivity contribution is -0.137. The molecule has 2 aliphatic rings. The van der Waals surface area contributed by atoms with Crippen molar-refractivity contribution in [2.75, 3.05) is 26.2 Å². The lowest BCUT2D eigenvalue weighted by Gasteiger charge is -2.35. The second-order valence-electron chi connectivity index (χ2n) is 7.40. The Kier molecular flexibility index (Phi) is 4.33. The van der Waals surface area contributed by atoms with Gasteiger partial charge in [0.25, 0.3) is 0 Å². The summed E-state index contributed by atoms with van der Waals surface area (Å²) in [6.45, 7) is 5.26. The van der Waals surface area contributed by atoms with Crippen LogP contribution in [0.4, 0.5) is 0 Å². The molecule has 2 saturated heterocycles. The molecular weight excluding hydrogens is 316 g/mol. The predicted molar refractivity (Wildman–Crippen MR) is 94.1 cm³/mol. The summed E-state index contributed by atoms with van der Waals surface area (Å²) in [7, 11) is 1.92. The summed E-state index contributed by atoms with van der Waals surface area (Å²) in [5.74, 6) is 0.489. The number of amides is 1. The van der Waals surface area contributed by atoms with E-state index in [4.69, 9.17) is 0 Å². The second-order valence-corrected chi connectivity index (χ2v) is 7.40. The van der Waals surface area contributed by atoms with Gasteiger partial charge in [-0.3, -0.25) is 14.2 Å². The van der Waals surface area contributed by atoms with Crippen molar-refractivity contribution in [2.45, 2.75) is 31.7 Å². The molecule has 0 bridgehead atoms. The number of hydrogen-bond donors (Lipinski definition) is 1. The first-order valence-electron chi connectivity index (χ1n) is 9.10. The number of carbonyl (C=O) groups is 1. The first kappa shape index (κ1) is 16.3. The van der Waals surface area contributed by atoms with Crippen LogP contribution in [-0.2, 0) is 11.8 Å². The molecule has 2 aromatic heterocycles. The predicted octanol–water partition coefficient (Wildman–Crippen LogP) is 1.09. The second kappa shape index (κ2) is 6.63. The van der Waals surface area contributed by atoms with Gasteiger partial charge in [0.05, 0.1) is 24.4 Å². The highest BCUT2D eigenvalue weighted by Gasteiger charge is 2.38. The molecule has 3 atom stereocenters. The van der Waals surface area contributed by atoms with Crippen molar-refractivity contribution < 1.29 is 4.79 Å². The molecule has 0 spiro atoms. The maximum absolute atomic E-state index is 13.2. The fourth-order valence-electron chi connectivity index (χ4n) is 4.16. The minimum absolute atomic E-state index is 0.00214. The minimum atomic E-state index is 0.00214. The molecule has 1 amide bonds. The molecule has 7 nitrogen and oxygen atoms in total. The number of piperidine rings is 1. The third-order valence-electron chi connectivity index (χ3n) is 5.50. The number of rotatable bonds is 3. The quantitative estimate of drug-likeness (QED) is 0.907. The van der Waals surface area contributed by atoms with Crippen molar-refractivity contribution in [3.8, 4) is 0 Å². The average Bonchev–Trinajstić information content (AvgIpc) is 3.34. The summed E-state index contributed by atoms with van der Waals surface area (Å²) in [6.07, 6.45) is 10.0. The van der Waals surface area contributed by atoms with Gasteiger partial charge in [-0.25, -0.2) is 0 Å². The average molecular weight is 342 g/mol. The highest BCUT2D eigenvalue weighted by atomic mass is 16.2. The van der Waals surface area contributed by atoms with Gasteiger partial charge in [-0.2, -0.15) is 10.2 Å². The molecule has 7 heteroatoms. The van der Waals surface area contributed by atoms with Gasteiger partial charge < -0.3 is 10.2 Å². The molecule has 4 rings (SSSR count). The van der Waals surface area contributed by atoms with Gasteiger partial charge in [-0.1, -0.05) is 0 Å². The largest absolute Gasteiger partial charge is 0.340 e. The maximum Gasteiger partial charge on any atom is 0.227 e. The molecule has 0 radical (unpaired) electrons. The number of aryl methyl sites for hydroxylation is 2. The summed E-state index contributed by atoms with van der Waals surface area (Å²) in [5, 5.41) is 12.1. The summed E-state index contributed by atoms with van der Waals surface area (Å²) in [5.41, 5.74) is 2.32. The zero-order valence-electron chi connectivity index (χ0n) is 14.9. The fraction of sp³-hybridized carbons (Fsp3) is 0.611. The van der Waals surface area contributed by atoms with E-state index in [1.54, 1.807) is 0 Å². The van der Waals surface area contributed by atoms with Gasteiger partial charge in [-0.15, -0.1) is 0 Å². The zero-order valence-corrected chi connectivity index (χ0v) is 14.9. The summed E-state index contributed by atoms with van der Waals surface area (Å²) < 4.78 is 3.84. The summed E-state index contributed by atoms with van der Waals surface area (Å²) in [6, 6.07) is 0.289. The molecular formula is C18H26N6O. The van der Waals surface area contributed by atoms with Gasteiger partial charge >= 0.3 is 0 Å². The third kappa shape index (κ3) is 3.20. The van der Waals surface area contributed by atoms with Gasteiger partial charge in [0.2, 0.25) is 5.91 Å². The van der Waals surface area contributed by atoms with E-state index in [1.165, 1.54) is 5.56 Å². The molecule has 4 heterocycles. The fourth-order valence-corrected chi connectivity index (χ4v) is 4.16. The molecule has 1 unspecified atom stereocenters.